The highest BCUT2D eigenvalue weighted by Crippen LogP contribution is 2.39. The standard InChI is InChI=1S/C21H24F2N2O4S/c1-13(2)11-25-17-10-15(6-7-18(17)29-12-21(3,4)20(25)26)24-30(27,28)19-8-5-14(22)9-16(19)23/h5-10,13,24H,11-12H2,1-4H3. The molecule has 6 nitrogen and oxygen atoms in total. The Labute approximate surface area is 174 Å². The van der Waals surface area contributed by atoms with E-state index in [4.69, 9.17) is 4.74 Å². The van der Waals surface area contributed by atoms with Crippen molar-refractivity contribution in [3.8, 4) is 5.75 Å². The number of carbonyl (C=O) groups excluding carboxylic acids is 1. The fourth-order valence-electron chi connectivity index (χ4n) is 3.16. The molecule has 1 heterocycles. The van der Waals surface area contributed by atoms with Crippen molar-refractivity contribution in [1.82, 2.24) is 0 Å². The van der Waals surface area contributed by atoms with Crippen LogP contribution in [-0.2, 0) is 14.8 Å². The highest BCUT2D eigenvalue weighted by atomic mass is 32.2. The molecule has 30 heavy (non-hydrogen) atoms. The van der Waals surface area contributed by atoms with Crippen LogP contribution in [0.5, 0.6) is 5.75 Å². The molecular formula is C21H24F2N2O4S. The summed E-state index contributed by atoms with van der Waals surface area (Å²) in [5.41, 5.74) is -0.202. The molecule has 2 aromatic carbocycles. The summed E-state index contributed by atoms with van der Waals surface area (Å²) in [6.45, 7) is 8.11. The van der Waals surface area contributed by atoms with Gasteiger partial charge in [0.15, 0.2) is 0 Å². The summed E-state index contributed by atoms with van der Waals surface area (Å²) in [4.78, 5) is 14.0. The summed E-state index contributed by atoms with van der Waals surface area (Å²) in [7, 11) is -4.31. The largest absolute Gasteiger partial charge is 0.490 e. The molecule has 0 aromatic heterocycles. The van der Waals surface area contributed by atoms with Gasteiger partial charge in [0.25, 0.3) is 10.0 Å². The number of halogens is 2. The number of benzene rings is 2. The van der Waals surface area contributed by atoms with Crippen LogP contribution in [0.15, 0.2) is 41.3 Å². The van der Waals surface area contributed by atoms with Gasteiger partial charge in [0.05, 0.1) is 16.8 Å². The fraction of sp³-hybridized carbons (Fsp3) is 0.381. The van der Waals surface area contributed by atoms with Gasteiger partial charge in [-0.25, -0.2) is 17.2 Å². The molecule has 2 aromatic rings. The normalized spacial score (nSPS) is 16.1. The van der Waals surface area contributed by atoms with Crippen molar-refractivity contribution in [3.63, 3.8) is 0 Å². The lowest BCUT2D eigenvalue weighted by atomic mass is 9.92. The molecule has 162 valence electrons. The first-order valence-electron chi connectivity index (χ1n) is 9.47. The number of rotatable bonds is 5. The van der Waals surface area contributed by atoms with Crippen LogP contribution in [-0.4, -0.2) is 27.5 Å². The minimum absolute atomic E-state index is 0.127. The van der Waals surface area contributed by atoms with Crippen LogP contribution < -0.4 is 14.4 Å². The SMILES string of the molecule is CC(C)CN1C(=O)C(C)(C)COc2ccc(NS(=O)(=O)c3ccc(F)cc3F)cc21. The lowest BCUT2D eigenvalue weighted by Gasteiger charge is -2.29. The smallest absolute Gasteiger partial charge is 0.264 e. The predicted octanol–water partition coefficient (Wildman–Crippen LogP) is 4.17. The Hall–Kier alpha value is -2.68. The Morgan fingerprint density at radius 3 is 2.50 bits per heavy atom. The number of anilines is 2. The zero-order chi connectivity index (χ0) is 22.3. The highest BCUT2D eigenvalue weighted by Gasteiger charge is 2.38. The lowest BCUT2D eigenvalue weighted by molar-refractivity contribution is -0.127. The Bertz CT molecular complexity index is 1080. The van der Waals surface area contributed by atoms with Crippen LogP contribution in [0.2, 0.25) is 0 Å². The number of nitrogens with one attached hydrogen (secondary N) is 1. The van der Waals surface area contributed by atoms with E-state index < -0.39 is 32.0 Å². The number of hydrogen-bond donors (Lipinski definition) is 1. The maximum atomic E-state index is 14.0. The molecule has 0 radical (unpaired) electrons. The molecule has 1 amide bonds. The minimum atomic E-state index is -4.31. The molecule has 0 saturated heterocycles. The van der Waals surface area contributed by atoms with Crippen LogP contribution in [0, 0.1) is 23.0 Å². The van der Waals surface area contributed by atoms with E-state index in [1.54, 1.807) is 24.8 Å². The van der Waals surface area contributed by atoms with Gasteiger partial charge in [0, 0.05) is 12.6 Å². The number of ether oxygens (including phenoxy) is 1. The molecule has 0 spiro atoms. The molecular weight excluding hydrogens is 414 g/mol. The van der Waals surface area contributed by atoms with Crippen LogP contribution in [0.3, 0.4) is 0 Å². The number of hydrogen-bond acceptors (Lipinski definition) is 4. The fourth-order valence-corrected chi connectivity index (χ4v) is 4.27. The first kappa shape index (κ1) is 22.0. The molecule has 1 aliphatic heterocycles. The number of carbonyl (C=O) groups is 1. The molecule has 0 saturated carbocycles. The van der Waals surface area contributed by atoms with Gasteiger partial charge in [-0.2, -0.15) is 0 Å². The lowest BCUT2D eigenvalue weighted by Crippen LogP contribution is -2.43. The molecule has 3 rings (SSSR count). The van der Waals surface area contributed by atoms with Crippen LogP contribution >= 0.6 is 0 Å². The predicted molar refractivity (Wildman–Crippen MR) is 110 cm³/mol. The Balaban J connectivity index is 2.01. The average molecular weight is 438 g/mol. The number of amides is 1. The first-order chi connectivity index (χ1) is 13.9. The third-order valence-electron chi connectivity index (χ3n) is 4.65. The summed E-state index contributed by atoms with van der Waals surface area (Å²) in [5.74, 6) is -1.60. The minimum Gasteiger partial charge on any atom is -0.490 e. The second-order valence-corrected chi connectivity index (χ2v) is 10.00. The molecule has 9 heteroatoms. The Kier molecular flexibility index (Phi) is 5.77. The summed E-state index contributed by atoms with van der Waals surface area (Å²) in [5, 5.41) is 0. The maximum absolute atomic E-state index is 14.0. The monoisotopic (exact) mass is 438 g/mol. The average Bonchev–Trinajstić information content (AvgIpc) is 2.71. The zero-order valence-electron chi connectivity index (χ0n) is 17.2. The van der Waals surface area contributed by atoms with Gasteiger partial charge in [-0.05, 0) is 50.1 Å². The maximum Gasteiger partial charge on any atom is 0.264 e. The van der Waals surface area contributed by atoms with E-state index in [1.807, 2.05) is 13.8 Å². The molecule has 0 bridgehead atoms. The van der Waals surface area contributed by atoms with Crippen LogP contribution in [0.4, 0.5) is 20.2 Å². The third-order valence-corrected chi connectivity index (χ3v) is 6.06. The van der Waals surface area contributed by atoms with Crippen molar-refractivity contribution in [2.75, 3.05) is 22.8 Å². The van der Waals surface area contributed by atoms with Gasteiger partial charge in [-0.1, -0.05) is 13.8 Å². The number of sulfonamides is 1. The van der Waals surface area contributed by atoms with Crippen molar-refractivity contribution in [3.05, 3.63) is 48.0 Å². The summed E-state index contributed by atoms with van der Waals surface area (Å²) >= 11 is 0. The van der Waals surface area contributed by atoms with E-state index in [9.17, 15) is 22.0 Å². The summed E-state index contributed by atoms with van der Waals surface area (Å²) in [6, 6.07) is 6.75. The van der Waals surface area contributed by atoms with E-state index in [1.165, 1.54) is 12.1 Å². The second kappa shape index (κ2) is 7.86. The van der Waals surface area contributed by atoms with E-state index >= 15 is 0 Å². The van der Waals surface area contributed by atoms with E-state index in [0.29, 0.717) is 24.0 Å². The summed E-state index contributed by atoms with van der Waals surface area (Å²) < 4.78 is 60.4. The van der Waals surface area contributed by atoms with E-state index in [0.717, 1.165) is 12.1 Å². The van der Waals surface area contributed by atoms with E-state index in [2.05, 4.69) is 4.72 Å². The van der Waals surface area contributed by atoms with Crippen molar-refractivity contribution >= 4 is 27.3 Å². The van der Waals surface area contributed by atoms with Crippen molar-refractivity contribution in [2.45, 2.75) is 32.6 Å². The van der Waals surface area contributed by atoms with Gasteiger partial charge in [-0.3, -0.25) is 9.52 Å². The second-order valence-electron chi connectivity index (χ2n) is 8.34. The molecule has 1 aliphatic rings. The van der Waals surface area contributed by atoms with Crippen LogP contribution in [0.25, 0.3) is 0 Å². The van der Waals surface area contributed by atoms with Gasteiger partial charge in [-0.15, -0.1) is 0 Å². The number of fused-ring (bicyclic) bond motifs is 1. The van der Waals surface area contributed by atoms with Crippen LogP contribution in [0.1, 0.15) is 27.7 Å². The molecule has 0 aliphatic carbocycles. The van der Waals surface area contributed by atoms with Gasteiger partial charge < -0.3 is 9.64 Å². The van der Waals surface area contributed by atoms with Gasteiger partial charge >= 0.3 is 0 Å². The molecule has 0 fully saturated rings. The zero-order valence-corrected chi connectivity index (χ0v) is 18.0. The van der Waals surface area contributed by atoms with E-state index in [-0.39, 0.29) is 24.1 Å². The molecule has 0 unspecified atom stereocenters. The van der Waals surface area contributed by atoms with Gasteiger partial charge in [0.2, 0.25) is 5.91 Å². The van der Waals surface area contributed by atoms with Gasteiger partial charge in [0.1, 0.15) is 28.9 Å². The Morgan fingerprint density at radius 1 is 1.17 bits per heavy atom. The molecule has 1 N–H and O–H groups in total. The van der Waals surface area contributed by atoms with Crippen molar-refractivity contribution in [1.29, 1.82) is 0 Å². The summed E-state index contributed by atoms with van der Waals surface area (Å²) in [6.07, 6.45) is 0. The Morgan fingerprint density at radius 2 is 1.87 bits per heavy atom. The third kappa shape index (κ3) is 4.40. The topological polar surface area (TPSA) is 75.7 Å². The first-order valence-corrected chi connectivity index (χ1v) is 11.0. The van der Waals surface area contributed by atoms with Crippen molar-refractivity contribution in [2.24, 2.45) is 11.3 Å². The molecule has 0 atom stereocenters. The quantitative estimate of drug-likeness (QED) is 0.760. The highest BCUT2D eigenvalue weighted by molar-refractivity contribution is 7.92. The van der Waals surface area contributed by atoms with Crippen molar-refractivity contribution < 1.29 is 26.7 Å². The number of nitrogens with zero attached hydrogens (tertiary/aromatic N) is 1.